The molecule has 7 heteroatoms. The molecular formula is C24H32N4O3. The second-order valence-electron chi connectivity index (χ2n) is 8.04. The van der Waals surface area contributed by atoms with Crippen LogP contribution in [0.4, 0.5) is 21.9 Å². The zero-order valence-corrected chi connectivity index (χ0v) is 18.5. The van der Waals surface area contributed by atoms with E-state index in [4.69, 9.17) is 4.74 Å². The molecule has 0 saturated carbocycles. The van der Waals surface area contributed by atoms with Crippen LogP contribution in [0.5, 0.6) is 5.75 Å². The number of nitrogens with zero attached hydrogens (tertiary/aromatic N) is 1. The quantitative estimate of drug-likeness (QED) is 0.573. The fourth-order valence-corrected chi connectivity index (χ4v) is 3.56. The molecule has 0 radical (unpaired) electrons. The van der Waals surface area contributed by atoms with Crippen LogP contribution in [-0.2, 0) is 0 Å². The summed E-state index contributed by atoms with van der Waals surface area (Å²) in [6.07, 6.45) is 2.24. The highest BCUT2D eigenvalue weighted by Crippen LogP contribution is 2.28. The average molecular weight is 425 g/mol. The van der Waals surface area contributed by atoms with Crippen LogP contribution in [0, 0.1) is 5.92 Å². The average Bonchev–Trinajstić information content (AvgIpc) is 3.28. The number of ether oxygens (including phenoxy) is 1. The molecule has 2 aromatic rings. The molecule has 0 aromatic heterocycles. The molecule has 2 aromatic carbocycles. The summed E-state index contributed by atoms with van der Waals surface area (Å²) in [5, 5.41) is 8.64. The van der Waals surface area contributed by atoms with Crippen molar-refractivity contribution in [2.24, 2.45) is 5.92 Å². The number of urea groups is 1. The van der Waals surface area contributed by atoms with Crippen molar-refractivity contribution in [2.75, 3.05) is 41.8 Å². The number of anilines is 3. The van der Waals surface area contributed by atoms with Gasteiger partial charge in [-0.05, 0) is 56.0 Å². The second kappa shape index (κ2) is 10.7. The van der Waals surface area contributed by atoms with Gasteiger partial charge in [0.1, 0.15) is 5.75 Å². The molecule has 0 unspecified atom stereocenters. The Labute approximate surface area is 184 Å². The Morgan fingerprint density at radius 1 is 1.06 bits per heavy atom. The maximum absolute atomic E-state index is 12.9. The summed E-state index contributed by atoms with van der Waals surface area (Å²) < 4.78 is 5.56. The first-order chi connectivity index (χ1) is 15.0. The van der Waals surface area contributed by atoms with Crippen LogP contribution in [0.1, 0.15) is 44.0 Å². The van der Waals surface area contributed by atoms with E-state index < -0.39 is 6.03 Å². The molecule has 3 N–H and O–H groups in total. The lowest BCUT2D eigenvalue weighted by Crippen LogP contribution is -2.30. The van der Waals surface area contributed by atoms with Crippen LogP contribution in [0.15, 0.2) is 42.5 Å². The highest BCUT2D eigenvalue weighted by Gasteiger charge is 2.20. The standard InChI is InChI=1S/C24H32N4O3/c1-4-31-22-10-6-5-9-20(22)27-24(30)26-18-11-12-21(28-13-7-8-14-28)19(15-18)23(29)25-16-17(2)3/h5-6,9-12,15,17H,4,7-8,13-14,16H2,1-3H3,(H,25,29)(H2,26,27,30). The summed E-state index contributed by atoms with van der Waals surface area (Å²) in [5.41, 5.74) is 2.64. The van der Waals surface area contributed by atoms with E-state index in [1.165, 1.54) is 0 Å². The van der Waals surface area contributed by atoms with Gasteiger partial charge >= 0.3 is 6.03 Å². The third-order valence-electron chi connectivity index (χ3n) is 5.05. The summed E-state index contributed by atoms with van der Waals surface area (Å²) in [6.45, 7) is 8.99. The van der Waals surface area contributed by atoms with Gasteiger partial charge in [-0.15, -0.1) is 0 Å². The predicted molar refractivity (Wildman–Crippen MR) is 125 cm³/mol. The SMILES string of the molecule is CCOc1ccccc1NC(=O)Nc1ccc(N2CCCC2)c(C(=O)NCC(C)C)c1. The van der Waals surface area contributed by atoms with E-state index in [0.717, 1.165) is 31.6 Å². The van der Waals surface area contributed by atoms with E-state index in [1.807, 2.05) is 31.2 Å². The van der Waals surface area contributed by atoms with Gasteiger partial charge in [-0.1, -0.05) is 26.0 Å². The molecule has 1 fully saturated rings. The van der Waals surface area contributed by atoms with Crippen molar-refractivity contribution in [1.29, 1.82) is 0 Å². The number of nitrogens with one attached hydrogen (secondary N) is 3. The van der Waals surface area contributed by atoms with Gasteiger partial charge < -0.3 is 25.6 Å². The van der Waals surface area contributed by atoms with E-state index in [-0.39, 0.29) is 5.91 Å². The van der Waals surface area contributed by atoms with Crippen LogP contribution < -0.4 is 25.6 Å². The fourth-order valence-electron chi connectivity index (χ4n) is 3.56. The van der Waals surface area contributed by atoms with Gasteiger partial charge in [0.2, 0.25) is 0 Å². The molecule has 1 aliphatic heterocycles. The highest BCUT2D eigenvalue weighted by molar-refractivity contribution is 6.04. The predicted octanol–water partition coefficient (Wildman–Crippen LogP) is 4.72. The first kappa shape index (κ1) is 22.5. The molecule has 1 aliphatic rings. The minimum Gasteiger partial charge on any atom is -0.492 e. The van der Waals surface area contributed by atoms with Crippen LogP contribution >= 0.6 is 0 Å². The van der Waals surface area contributed by atoms with Gasteiger partial charge in [-0.2, -0.15) is 0 Å². The Kier molecular flexibility index (Phi) is 7.76. The Bertz CT molecular complexity index is 907. The number of carbonyl (C=O) groups is 2. The molecule has 0 atom stereocenters. The van der Waals surface area contributed by atoms with Crippen molar-refractivity contribution < 1.29 is 14.3 Å². The number of para-hydroxylation sites is 2. The maximum Gasteiger partial charge on any atom is 0.323 e. The number of benzene rings is 2. The number of hydrogen-bond donors (Lipinski definition) is 3. The van der Waals surface area contributed by atoms with Crippen LogP contribution in [0.3, 0.4) is 0 Å². The zero-order valence-electron chi connectivity index (χ0n) is 18.5. The van der Waals surface area contributed by atoms with Gasteiger partial charge in [0.05, 0.1) is 17.9 Å². The van der Waals surface area contributed by atoms with Crippen LogP contribution in [-0.4, -0.2) is 38.2 Å². The summed E-state index contributed by atoms with van der Waals surface area (Å²) in [7, 11) is 0. The minimum absolute atomic E-state index is 0.124. The Hall–Kier alpha value is -3.22. The van der Waals surface area contributed by atoms with Crippen molar-refractivity contribution in [1.82, 2.24) is 5.32 Å². The van der Waals surface area contributed by atoms with E-state index in [2.05, 4.69) is 34.7 Å². The van der Waals surface area contributed by atoms with Crippen molar-refractivity contribution >= 4 is 29.0 Å². The van der Waals surface area contributed by atoms with Crippen LogP contribution in [0.25, 0.3) is 0 Å². The summed E-state index contributed by atoms with van der Waals surface area (Å²) in [4.78, 5) is 27.7. The number of amides is 3. The zero-order chi connectivity index (χ0) is 22.2. The van der Waals surface area contributed by atoms with Crippen molar-refractivity contribution in [2.45, 2.75) is 33.6 Å². The minimum atomic E-state index is -0.394. The Morgan fingerprint density at radius 2 is 1.81 bits per heavy atom. The number of carbonyl (C=O) groups excluding carboxylic acids is 2. The molecule has 7 nitrogen and oxygen atoms in total. The lowest BCUT2D eigenvalue weighted by atomic mass is 10.1. The largest absolute Gasteiger partial charge is 0.492 e. The van der Waals surface area contributed by atoms with E-state index >= 15 is 0 Å². The van der Waals surface area contributed by atoms with Gasteiger partial charge in [0.15, 0.2) is 0 Å². The van der Waals surface area contributed by atoms with Gasteiger partial charge in [0.25, 0.3) is 5.91 Å². The van der Waals surface area contributed by atoms with E-state index in [1.54, 1.807) is 18.2 Å². The third kappa shape index (κ3) is 6.13. The molecule has 31 heavy (non-hydrogen) atoms. The van der Waals surface area contributed by atoms with Crippen molar-refractivity contribution in [3.8, 4) is 5.75 Å². The maximum atomic E-state index is 12.9. The highest BCUT2D eigenvalue weighted by atomic mass is 16.5. The molecular weight excluding hydrogens is 392 g/mol. The number of hydrogen-bond acceptors (Lipinski definition) is 4. The number of rotatable bonds is 8. The molecule has 0 bridgehead atoms. The topological polar surface area (TPSA) is 82.7 Å². The van der Waals surface area contributed by atoms with E-state index in [0.29, 0.717) is 41.8 Å². The molecule has 1 saturated heterocycles. The molecule has 3 rings (SSSR count). The lowest BCUT2D eigenvalue weighted by molar-refractivity contribution is 0.0949. The second-order valence-corrected chi connectivity index (χ2v) is 8.04. The fraction of sp³-hybridized carbons (Fsp3) is 0.417. The van der Waals surface area contributed by atoms with Gasteiger partial charge in [-0.25, -0.2) is 4.79 Å². The summed E-state index contributed by atoms with van der Waals surface area (Å²) in [5.74, 6) is 0.844. The Morgan fingerprint density at radius 3 is 2.52 bits per heavy atom. The molecule has 0 aliphatic carbocycles. The van der Waals surface area contributed by atoms with Gasteiger partial charge in [0, 0.05) is 31.0 Å². The first-order valence-electron chi connectivity index (χ1n) is 10.9. The van der Waals surface area contributed by atoms with Crippen molar-refractivity contribution in [3.05, 3.63) is 48.0 Å². The lowest BCUT2D eigenvalue weighted by Gasteiger charge is -2.22. The monoisotopic (exact) mass is 424 g/mol. The van der Waals surface area contributed by atoms with Gasteiger partial charge in [-0.3, -0.25) is 4.79 Å². The van der Waals surface area contributed by atoms with Crippen LogP contribution in [0.2, 0.25) is 0 Å². The first-order valence-corrected chi connectivity index (χ1v) is 10.9. The molecule has 0 spiro atoms. The molecule has 166 valence electrons. The van der Waals surface area contributed by atoms with E-state index in [9.17, 15) is 9.59 Å². The third-order valence-corrected chi connectivity index (χ3v) is 5.05. The summed E-state index contributed by atoms with van der Waals surface area (Å²) >= 11 is 0. The normalized spacial score (nSPS) is 13.2. The molecule has 3 amide bonds. The smallest absolute Gasteiger partial charge is 0.323 e. The summed E-state index contributed by atoms with van der Waals surface area (Å²) in [6, 6.07) is 12.4. The molecule has 1 heterocycles. The van der Waals surface area contributed by atoms with Crippen molar-refractivity contribution in [3.63, 3.8) is 0 Å². The Balaban J connectivity index is 1.77.